The van der Waals surface area contributed by atoms with Crippen LogP contribution in [-0.4, -0.2) is 25.5 Å². The number of hydrogen-bond donors (Lipinski definition) is 1. The Morgan fingerprint density at radius 3 is 2.45 bits per heavy atom. The zero-order valence-corrected chi connectivity index (χ0v) is 18.3. The molecule has 0 aliphatic carbocycles. The summed E-state index contributed by atoms with van der Waals surface area (Å²) in [6.07, 6.45) is 0.853. The molecule has 0 spiro atoms. The molecular weight excluding hydrogens is 423 g/mol. The molecule has 0 aromatic heterocycles. The highest BCUT2D eigenvalue weighted by atomic mass is 19.1. The summed E-state index contributed by atoms with van der Waals surface area (Å²) in [5.74, 6) is -0.927. The minimum Gasteiger partial charge on any atom is -0.496 e. The van der Waals surface area contributed by atoms with Crippen molar-refractivity contribution in [3.8, 4) is 11.5 Å². The molecule has 0 saturated heterocycles. The van der Waals surface area contributed by atoms with Gasteiger partial charge in [0.05, 0.1) is 25.0 Å². The normalized spacial score (nSPS) is 13.5. The Bertz CT molecular complexity index is 1240. The van der Waals surface area contributed by atoms with Crippen LogP contribution in [0.1, 0.15) is 18.9 Å². The van der Waals surface area contributed by atoms with Gasteiger partial charge in [0.2, 0.25) is 0 Å². The number of imide groups is 1. The first-order valence-corrected chi connectivity index (χ1v) is 10.6. The second kappa shape index (κ2) is 9.56. The molecule has 2 amide bonds. The van der Waals surface area contributed by atoms with Gasteiger partial charge in [-0.2, -0.15) is 0 Å². The predicted octanol–water partition coefficient (Wildman–Crippen LogP) is 5.02. The van der Waals surface area contributed by atoms with Crippen molar-refractivity contribution in [1.29, 1.82) is 0 Å². The molecule has 0 atom stereocenters. The zero-order valence-electron chi connectivity index (χ0n) is 18.3. The molecule has 0 radical (unpaired) electrons. The molecule has 1 aliphatic heterocycles. The van der Waals surface area contributed by atoms with Crippen molar-refractivity contribution in [2.75, 3.05) is 23.9 Å². The molecule has 0 fully saturated rings. The Morgan fingerprint density at radius 1 is 0.939 bits per heavy atom. The average Bonchev–Trinajstić information content (AvgIpc) is 3.07. The van der Waals surface area contributed by atoms with Gasteiger partial charge in [-0.25, -0.2) is 9.29 Å². The smallest absolute Gasteiger partial charge is 0.282 e. The number of benzene rings is 3. The SMILES string of the molecule is CCCOc1cccc(NC2=C(c3ccccc3OC)C(=O)N(c3ccccc3F)C2=O)c1. The third-order valence-corrected chi connectivity index (χ3v) is 5.13. The number of anilines is 2. The summed E-state index contributed by atoms with van der Waals surface area (Å²) < 4.78 is 25.7. The van der Waals surface area contributed by atoms with Gasteiger partial charge in [0.25, 0.3) is 11.8 Å². The molecule has 4 rings (SSSR count). The lowest BCUT2D eigenvalue weighted by Crippen LogP contribution is -2.33. The minimum absolute atomic E-state index is 0.0281. The quantitative estimate of drug-likeness (QED) is 0.492. The Kier molecular flexibility index (Phi) is 6.40. The number of carbonyl (C=O) groups is 2. The Balaban J connectivity index is 1.82. The Labute approximate surface area is 191 Å². The fraction of sp³-hybridized carbons (Fsp3) is 0.154. The summed E-state index contributed by atoms with van der Waals surface area (Å²) in [5, 5.41) is 3.07. The van der Waals surface area contributed by atoms with E-state index in [-0.39, 0.29) is 17.0 Å². The lowest BCUT2D eigenvalue weighted by atomic mass is 10.0. The summed E-state index contributed by atoms with van der Waals surface area (Å²) in [4.78, 5) is 27.8. The van der Waals surface area contributed by atoms with Crippen LogP contribution in [0.2, 0.25) is 0 Å². The molecule has 33 heavy (non-hydrogen) atoms. The summed E-state index contributed by atoms with van der Waals surface area (Å²) >= 11 is 0. The number of halogens is 1. The van der Waals surface area contributed by atoms with Crippen LogP contribution in [-0.2, 0) is 9.59 Å². The number of carbonyl (C=O) groups excluding carboxylic acids is 2. The van der Waals surface area contributed by atoms with Gasteiger partial charge in [-0.1, -0.05) is 43.3 Å². The van der Waals surface area contributed by atoms with Gasteiger partial charge in [-0.15, -0.1) is 0 Å². The lowest BCUT2D eigenvalue weighted by molar-refractivity contribution is -0.120. The number of nitrogens with zero attached hydrogens (tertiary/aromatic N) is 1. The van der Waals surface area contributed by atoms with Crippen molar-refractivity contribution in [3.63, 3.8) is 0 Å². The maximum absolute atomic E-state index is 14.6. The van der Waals surface area contributed by atoms with Crippen LogP contribution in [0.5, 0.6) is 11.5 Å². The van der Waals surface area contributed by atoms with E-state index in [0.717, 1.165) is 11.3 Å². The van der Waals surface area contributed by atoms with Gasteiger partial charge >= 0.3 is 0 Å². The first-order chi connectivity index (χ1) is 16.0. The number of amides is 2. The molecule has 168 valence electrons. The Hall–Kier alpha value is -4.13. The monoisotopic (exact) mass is 446 g/mol. The maximum atomic E-state index is 14.6. The molecule has 3 aromatic carbocycles. The summed E-state index contributed by atoms with van der Waals surface area (Å²) in [6, 6.07) is 19.7. The fourth-order valence-electron chi connectivity index (χ4n) is 3.63. The summed E-state index contributed by atoms with van der Waals surface area (Å²) in [7, 11) is 1.48. The van der Waals surface area contributed by atoms with Crippen LogP contribution in [0.4, 0.5) is 15.8 Å². The van der Waals surface area contributed by atoms with Crippen LogP contribution in [0.25, 0.3) is 5.57 Å². The molecule has 1 N–H and O–H groups in total. The van der Waals surface area contributed by atoms with Crippen molar-refractivity contribution in [3.05, 3.63) is 89.9 Å². The highest BCUT2D eigenvalue weighted by Gasteiger charge is 2.42. The van der Waals surface area contributed by atoms with Gasteiger partial charge in [-0.05, 0) is 36.8 Å². The van der Waals surface area contributed by atoms with Gasteiger partial charge in [-0.3, -0.25) is 9.59 Å². The van der Waals surface area contributed by atoms with Crippen LogP contribution < -0.4 is 19.7 Å². The molecular formula is C26H23FN2O4. The van der Waals surface area contributed by atoms with Crippen LogP contribution >= 0.6 is 0 Å². The van der Waals surface area contributed by atoms with E-state index in [0.29, 0.717) is 29.4 Å². The number of rotatable bonds is 8. The number of ether oxygens (including phenoxy) is 2. The lowest BCUT2D eigenvalue weighted by Gasteiger charge is -2.16. The molecule has 7 heteroatoms. The number of methoxy groups -OCH3 is 1. The summed E-state index contributed by atoms with van der Waals surface area (Å²) in [5.41, 5.74) is 0.998. The molecule has 3 aromatic rings. The number of nitrogens with one attached hydrogen (secondary N) is 1. The first-order valence-electron chi connectivity index (χ1n) is 10.6. The van der Waals surface area contributed by atoms with Gasteiger partial charge in [0.1, 0.15) is 23.0 Å². The van der Waals surface area contributed by atoms with Crippen molar-refractivity contribution >= 4 is 28.8 Å². The standard InChI is InChI=1S/C26H23FN2O4/c1-3-15-33-18-10-8-9-17(16-18)28-24-23(19-11-4-7-14-22(19)32-2)25(30)29(26(24)31)21-13-6-5-12-20(21)27/h4-14,16,28H,3,15H2,1-2H3. The van der Waals surface area contributed by atoms with Crippen LogP contribution in [0, 0.1) is 5.82 Å². The number of hydrogen-bond acceptors (Lipinski definition) is 5. The summed E-state index contributed by atoms with van der Waals surface area (Å²) in [6.45, 7) is 2.56. The minimum atomic E-state index is -0.671. The maximum Gasteiger partial charge on any atom is 0.282 e. The molecule has 6 nitrogen and oxygen atoms in total. The van der Waals surface area contributed by atoms with E-state index >= 15 is 0 Å². The molecule has 0 bridgehead atoms. The topological polar surface area (TPSA) is 67.9 Å². The van der Waals surface area contributed by atoms with Crippen molar-refractivity contribution < 1.29 is 23.5 Å². The van der Waals surface area contributed by atoms with Gasteiger partial charge in [0.15, 0.2) is 0 Å². The van der Waals surface area contributed by atoms with E-state index in [9.17, 15) is 14.0 Å². The third kappa shape index (κ3) is 4.30. The average molecular weight is 446 g/mol. The van der Waals surface area contributed by atoms with E-state index in [1.165, 1.54) is 25.3 Å². The highest BCUT2D eigenvalue weighted by molar-refractivity contribution is 6.46. The Morgan fingerprint density at radius 2 is 1.70 bits per heavy atom. The highest BCUT2D eigenvalue weighted by Crippen LogP contribution is 2.38. The van der Waals surface area contributed by atoms with E-state index < -0.39 is 17.6 Å². The fourth-order valence-corrected chi connectivity index (χ4v) is 3.63. The largest absolute Gasteiger partial charge is 0.496 e. The second-order valence-corrected chi connectivity index (χ2v) is 7.35. The predicted molar refractivity (Wildman–Crippen MR) is 125 cm³/mol. The van der Waals surface area contributed by atoms with Gasteiger partial charge < -0.3 is 14.8 Å². The zero-order chi connectivity index (χ0) is 23.4. The first kappa shape index (κ1) is 22.1. The van der Waals surface area contributed by atoms with Crippen molar-refractivity contribution in [2.24, 2.45) is 0 Å². The molecule has 1 heterocycles. The molecule has 0 unspecified atom stereocenters. The van der Waals surface area contributed by atoms with Crippen LogP contribution in [0.15, 0.2) is 78.5 Å². The molecule has 0 saturated carbocycles. The van der Waals surface area contributed by atoms with E-state index in [2.05, 4.69) is 5.32 Å². The second-order valence-electron chi connectivity index (χ2n) is 7.35. The van der Waals surface area contributed by atoms with Crippen LogP contribution in [0.3, 0.4) is 0 Å². The van der Waals surface area contributed by atoms with E-state index in [1.807, 2.05) is 13.0 Å². The van der Waals surface area contributed by atoms with Crippen molar-refractivity contribution in [1.82, 2.24) is 0 Å². The molecule has 1 aliphatic rings. The van der Waals surface area contributed by atoms with Crippen molar-refractivity contribution in [2.45, 2.75) is 13.3 Å². The third-order valence-electron chi connectivity index (χ3n) is 5.13. The van der Waals surface area contributed by atoms with E-state index in [4.69, 9.17) is 9.47 Å². The number of para-hydroxylation sites is 2. The van der Waals surface area contributed by atoms with E-state index in [1.54, 1.807) is 48.5 Å². The van der Waals surface area contributed by atoms with Gasteiger partial charge in [0, 0.05) is 17.3 Å².